The van der Waals surface area contributed by atoms with E-state index in [0.29, 0.717) is 5.92 Å². The van der Waals surface area contributed by atoms with Crippen LogP contribution in [0.3, 0.4) is 0 Å². The van der Waals surface area contributed by atoms with Gasteiger partial charge in [0.15, 0.2) is 5.82 Å². The van der Waals surface area contributed by atoms with Crippen molar-refractivity contribution < 1.29 is 4.74 Å². The van der Waals surface area contributed by atoms with E-state index >= 15 is 0 Å². The predicted octanol–water partition coefficient (Wildman–Crippen LogP) is 1.68. The first-order valence-electron chi connectivity index (χ1n) is 8.97. The third-order valence-electron chi connectivity index (χ3n) is 4.86. The van der Waals surface area contributed by atoms with Crippen molar-refractivity contribution in [1.82, 2.24) is 24.6 Å². The van der Waals surface area contributed by atoms with E-state index in [-0.39, 0.29) is 0 Å². The number of hydrogen-bond acceptors (Lipinski definition) is 6. The molecule has 2 aromatic heterocycles. The fraction of sp³-hybridized carbons (Fsp3) is 0.706. The average Bonchev–Trinajstić information content (AvgIpc) is 3.39. The molecule has 2 fully saturated rings. The lowest BCUT2D eigenvalue weighted by Crippen LogP contribution is -2.37. The minimum absolute atomic E-state index is 0.544. The lowest BCUT2D eigenvalue weighted by Gasteiger charge is -2.26. The number of fused-ring (bicyclic) bond motifs is 1. The molecule has 130 valence electrons. The van der Waals surface area contributed by atoms with Crippen LogP contribution in [0.15, 0.2) is 0 Å². The number of nitrogens with zero attached hydrogens (tertiary/aromatic N) is 5. The summed E-state index contributed by atoms with van der Waals surface area (Å²) in [5.41, 5.74) is 2.99. The van der Waals surface area contributed by atoms with Gasteiger partial charge in [0, 0.05) is 32.6 Å². The number of aryl methyl sites for hydroxylation is 2. The molecular weight excluding hydrogens is 304 g/mol. The van der Waals surface area contributed by atoms with Crippen molar-refractivity contribution in [1.29, 1.82) is 0 Å². The Kier molecular flexibility index (Phi) is 4.37. The number of nitrogens with one attached hydrogen (secondary N) is 1. The number of aromatic nitrogens is 4. The third-order valence-corrected chi connectivity index (χ3v) is 4.86. The highest BCUT2D eigenvalue weighted by Crippen LogP contribution is 2.39. The molecule has 24 heavy (non-hydrogen) atoms. The molecule has 2 aromatic rings. The zero-order valence-electron chi connectivity index (χ0n) is 14.6. The van der Waals surface area contributed by atoms with Crippen LogP contribution in [-0.2, 0) is 11.8 Å². The second kappa shape index (κ2) is 6.64. The minimum atomic E-state index is 0.544. The van der Waals surface area contributed by atoms with Crippen LogP contribution in [-0.4, -0.2) is 64.0 Å². The van der Waals surface area contributed by atoms with E-state index in [1.54, 1.807) is 0 Å². The molecular formula is C17H26N6O. The molecule has 7 heteroatoms. The molecule has 0 atom stereocenters. The van der Waals surface area contributed by atoms with Gasteiger partial charge in [0.25, 0.3) is 0 Å². The summed E-state index contributed by atoms with van der Waals surface area (Å²) in [6.07, 6.45) is 3.52. The molecule has 1 saturated heterocycles. The van der Waals surface area contributed by atoms with Gasteiger partial charge in [-0.15, -0.1) is 0 Å². The largest absolute Gasteiger partial charge is 0.379 e. The molecule has 1 N–H and O–H groups in total. The molecule has 3 heterocycles. The van der Waals surface area contributed by atoms with E-state index in [0.717, 1.165) is 74.2 Å². The summed E-state index contributed by atoms with van der Waals surface area (Å²) in [5, 5.41) is 8.06. The number of hydrogen-bond donors (Lipinski definition) is 1. The monoisotopic (exact) mass is 330 g/mol. The Morgan fingerprint density at radius 1 is 1.21 bits per heavy atom. The molecule has 0 spiro atoms. The maximum Gasteiger partial charge on any atom is 0.156 e. The van der Waals surface area contributed by atoms with Gasteiger partial charge in [-0.3, -0.25) is 9.58 Å². The molecule has 7 nitrogen and oxygen atoms in total. The fourth-order valence-electron chi connectivity index (χ4n) is 3.33. The van der Waals surface area contributed by atoms with Crippen LogP contribution in [0.2, 0.25) is 0 Å². The second-order valence-corrected chi connectivity index (χ2v) is 6.85. The van der Waals surface area contributed by atoms with Crippen molar-refractivity contribution in [2.24, 2.45) is 7.05 Å². The summed E-state index contributed by atoms with van der Waals surface area (Å²) in [5.74, 6) is 2.46. The molecule has 1 saturated carbocycles. The molecule has 0 bridgehead atoms. The molecule has 1 aliphatic carbocycles. The molecule has 0 aromatic carbocycles. The van der Waals surface area contributed by atoms with E-state index in [9.17, 15) is 0 Å². The van der Waals surface area contributed by atoms with Crippen molar-refractivity contribution in [2.45, 2.75) is 32.1 Å². The number of rotatable bonds is 6. The van der Waals surface area contributed by atoms with E-state index in [1.807, 2.05) is 18.7 Å². The Hall–Kier alpha value is -1.73. The maximum absolute atomic E-state index is 5.40. The van der Waals surface area contributed by atoms with Crippen molar-refractivity contribution in [3.63, 3.8) is 0 Å². The quantitative estimate of drug-likeness (QED) is 0.813. The zero-order valence-corrected chi connectivity index (χ0v) is 14.6. The van der Waals surface area contributed by atoms with Crippen molar-refractivity contribution in [3.05, 3.63) is 11.5 Å². The van der Waals surface area contributed by atoms with Crippen LogP contribution in [0.5, 0.6) is 0 Å². The predicted molar refractivity (Wildman–Crippen MR) is 93.4 cm³/mol. The molecule has 4 rings (SSSR count). The number of anilines is 1. The average molecular weight is 330 g/mol. The van der Waals surface area contributed by atoms with E-state index in [4.69, 9.17) is 14.7 Å². The van der Waals surface area contributed by atoms with Crippen molar-refractivity contribution in [3.8, 4) is 0 Å². The van der Waals surface area contributed by atoms with Crippen molar-refractivity contribution >= 4 is 16.9 Å². The summed E-state index contributed by atoms with van der Waals surface area (Å²) >= 11 is 0. The lowest BCUT2D eigenvalue weighted by molar-refractivity contribution is 0.0378. The Bertz CT molecular complexity index is 717. The van der Waals surface area contributed by atoms with Crippen LogP contribution in [0.1, 0.15) is 36.7 Å². The van der Waals surface area contributed by atoms with Gasteiger partial charge in [-0.05, 0) is 32.7 Å². The van der Waals surface area contributed by atoms with Crippen LogP contribution >= 0.6 is 0 Å². The van der Waals surface area contributed by atoms with E-state index in [1.165, 1.54) is 12.8 Å². The smallest absolute Gasteiger partial charge is 0.156 e. The van der Waals surface area contributed by atoms with Crippen LogP contribution < -0.4 is 5.32 Å². The molecule has 0 unspecified atom stereocenters. The van der Waals surface area contributed by atoms with Gasteiger partial charge in [-0.1, -0.05) is 0 Å². The summed E-state index contributed by atoms with van der Waals surface area (Å²) in [7, 11) is 1.97. The molecule has 1 aliphatic heterocycles. The van der Waals surface area contributed by atoms with Gasteiger partial charge in [0.2, 0.25) is 0 Å². The van der Waals surface area contributed by atoms with Crippen LogP contribution in [0, 0.1) is 6.92 Å². The Morgan fingerprint density at radius 3 is 2.75 bits per heavy atom. The van der Waals surface area contributed by atoms with Gasteiger partial charge in [-0.25, -0.2) is 9.97 Å². The van der Waals surface area contributed by atoms with Crippen molar-refractivity contribution in [2.75, 3.05) is 44.7 Å². The first-order valence-corrected chi connectivity index (χ1v) is 8.97. The zero-order chi connectivity index (χ0) is 16.5. The Labute approximate surface area is 142 Å². The number of ether oxygens (including phenoxy) is 1. The van der Waals surface area contributed by atoms with Gasteiger partial charge >= 0.3 is 0 Å². The highest BCUT2D eigenvalue weighted by atomic mass is 16.5. The summed E-state index contributed by atoms with van der Waals surface area (Å²) in [4.78, 5) is 12.0. The first-order chi connectivity index (χ1) is 11.7. The summed E-state index contributed by atoms with van der Waals surface area (Å²) in [6.45, 7) is 7.85. The van der Waals surface area contributed by atoms with E-state index in [2.05, 4.69) is 15.3 Å². The van der Waals surface area contributed by atoms with Gasteiger partial charge in [0.1, 0.15) is 16.9 Å². The van der Waals surface area contributed by atoms with Gasteiger partial charge in [0.05, 0.1) is 18.9 Å². The highest BCUT2D eigenvalue weighted by molar-refractivity contribution is 5.87. The highest BCUT2D eigenvalue weighted by Gasteiger charge is 2.28. The third kappa shape index (κ3) is 3.23. The summed E-state index contributed by atoms with van der Waals surface area (Å²) < 4.78 is 7.29. The van der Waals surface area contributed by atoms with Gasteiger partial charge < -0.3 is 10.1 Å². The first kappa shape index (κ1) is 15.8. The molecule has 2 aliphatic rings. The lowest BCUT2D eigenvalue weighted by atomic mass is 10.3. The second-order valence-electron chi connectivity index (χ2n) is 6.85. The SMILES string of the molecule is Cc1nn(C)c2c(NCCCN3CCOCC3)nc(C3CC3)nc12. The standard InChI is InChI=1S/C17H26N6O/c1-12-14-15(22(2)21-12)17(20-16(19-14)13-4-5-13)18-6-3-7-23-8-10-24-11-9-23/h13H,3-11H2,1-2H3,(H,18,19,20). The molecule has 0 amide bonds. The fourth-order valence-corrected chi connectivity index (χ4v) is 3.33. The normalized spacial score (nSPS) is 19.1. The minimum Gasteiger partial charge on any atom is -0.379 e. The topological polar surface area (TPSA) is 68.1 Å². The van der Waals surface area contributed by atoms with Gasteiger partial charge in [-0.2, -0.15) is 5.10 Å². The maximum atomic E-state index is 5.40. The molecule has 0 radical (unpaired) electrons. The van der Waals surface area contributed by atoms with Crippen LogP contribution in [0.4, 0.5) is 5.82 Å². The number of morpholine rings is 1. The summed E-state index contributed by atoms with van der Waals surface area (Å²) in [6, 6.07) is 0. The van der Waals surface area contributed by atoms with Crippen LogP contribution in [0.25, 0.3) is 11.0 Å². The Balaban J connectivity index is 1.46. The van der Waals surface area contributed by atoms with E-state index < -0.39 is 0 Å². The Morgan fingerprint density at radius 2 is 2.00 bits per heavy atom.